The van der Waals surface area contributed by atoms with Crippen LogP contribution < -0.4 is 5.32 Å². The summed E-state index contributed by atoms with van der Waals surface area (Å²) in [5.74, 6) is 0.196. The van der Waals surface area contributed by atoms with Crippen LogP contribution in [-0.2, 0) is 9.59 Å². The number of carbonyl (C=O) groups is 2. The first-order valence-corrected chi connectivity index (χ1v) is 4.15. The molecule has 1 amide bonds. The van der Waals surface area contributed by atoms with E-state index in [0.717, 1.165) is 0 Å². The normalized spacial score (nSPS) is 12.3. The van der Waals surface area contributed by atoms with Crippen molar-refractivity contribution in [3.63, 3.8) is 0 Å². The minimum absolute atomic E-state index is 0.0539. The van der Waals surface area contributed by atoms with Gasteiger partial charge < -0.3 is 5.32 Å². The van der Waals surface area contributed by atoms with Gasteiger partial charge in [-0.05, 0) is 6.92 Å². The Morgan fingerprint density at radius 1 is 1.55 bits per heavy atom. The van der Waals surface area contributed by atoms with E-state index in [4.69, 9.17) is 0 Å². The van der Waals surface area contributed by atoms with Crippen molar-refractivity contribution in [1.82, 2.24) is 5.32 Å². The molecule has 3 nitrogen and oxygen atoms in total. The molecule has 0 unspecified atom stereocenters. The third-order valence-electron chi connectivity index (χ3n) is 1.33. The van der Waals surface area contributed by atoms with Gasteiger partial charge in [0.25, 0.3) is 0 Å². The Hall–Kier alpha value is -0.510. The highest BCUT2D eigenvalue weighted by Gasteiger charge is 2.13. The van der Waals surface area contributed by atoms with Crippen molar-refractivity contribution in [2.45, 2.75) is 26.3 Å². The monoisotopic (exact) mass is 175 g/mol. The third kappa shape index (κ3) is 4.03. The van der Waals surface area contributed by atoms with Crippen molar-refractivity contribution in [2.75, 3.05) is 5.75 Å². The maximum absolute atomic E-state index is 10.8. The van der Waals surface area contributed by atoms with Gasteiger partial charge in [-0.3, -0.25) is 9.59 Å². The summed E-state index contributed by atoms with van der Waals surface area (Å²) >= 11 is 3.93. The fourth-order valence-corrected chi connectivity index (χ4v) is 0.921. The molecule has 1 N–H and O–H groups in total. The van der Waals surface area contributed by atoms with Crippen LogP contribution in [0.1, 0.15) is 20.3 Å². The van der Waals surface area contributed by atoms with Gasteiger partial charge in [-0.25, -0.2) is 0 Å². The van der Waals surface area contributed by atoms with Crippen molar-refractivity contribution >= 4 is 24.3 Å². The summed E-state index contributed by atoms with van der Waals surface area (Å²) in [6.45, 7) is 3.18. The van der Waals surface area contributed by atoms with E-state index in [1.54, 1.807) is 6.92 Å². The second-order valence-corrected chi connectivity index (χ2v) is 2.63. The van der Waals surface area contributed by atoms with Crippen molar-refractivity contribution in [2.24, 2.45) is 0 Å². The summed E-state index contributed by atoms with van der Waals surface area (Å²) in [5.41, 5.74) is 0. The topological polar surface area (TPSA) is 46.2 Å². The fourth-order valence-electron chi connectivity index (χ4n) is 0.572. The zero-order valence-electron chi connectivity index (χ0n) is 6.76. The first-order valence-electron chi connectivity index (χ1n) is 3.52. The Morgan fingerprint density at radius 2 is 2.09 bits per heavy atom. The second-order valence-electron chi connectivity index (χ2n) is 2.27. The number of rotatable bonds is 4. The fraction of sp³-hybridized carbons (Fsp3) is 0.714. The molecule has 4 heteroatoms. The highest BCUT2D eigenvalue weighted by Crippen LogP contribution is 1.90. The lowest BCUT2D eigenvalue weighted by atomic mass is 10.2. The second kappa shape index (κ2) is 5.18. The van der Waals surface area contributed by atoms with Crippen LogP contribution in [-0.4, -0.2) is 23.5 Å². The maximum atomic E-state index is 10.8. The molecule has 11 heavy (non-hydrogen) atoms. The molecule has 0 aromatic carbocycles. The van der Waals surface area contributed by atoms with Gasteiger partial charge in [-0.2, -0.15) is 12.6 Å². The average molecular weight is 175 g/mol. The highest BCUT2D eigenvalue weighted by atomic mass is 32.1. The lowest BCUT2D eigenvalue weighted by molar-refractivity contribution is -0.126. The first kappa shape index (κ1) is 10.5. The molecule has 0 fully saturated rings. The standard InChI is InChI=1S/C7H13NO2S/c1-3-7(10)8-6(4-11)5(2)9/h6,11H,3-4H2,1-2H3,(H,8,10)/t6-/m0/s1. The molecule has 0 aliphatic heterocycles. The summed E-state index contributed by atoms with van der Waals surface area (Å²) in [5, 5.41) is 2.55. The van der Waals surface area contributed by atoms with Crippen LogP contribution in [0.25, 0.3) is 0 Å². The van der Waals surface area contributed by atoms with Crippen LogP contribution in [0.5, 0.6) is 0 Å². The SMILES string of the molecule is CCC(=O)N[C@@H](CS)C(C)=O. The lowest BCUT2D eigenvalue weighted by Crippen LogP contribution is -2.40. The van der Waals surface area contributed by atoms with Gasteiger partial charge in [0.1, 0.15) is 0 Å². The van der Waals surface area contributed by atoms with Gasteiger partial charge in [0.2, 0.25) is 5.91 Å². The van der Waals surface area contributed by atoms with Crippen LogP contribution in [0, 0.1) is 0 Å². The number of hydrogen-bond acceptors (Lipinski definition) is 3. The molecule has 0 saturated heterocycles. The molecule has 0 aliphatic carbocycles. The van der Waals surface area contributed by atoms with Crippen LogP contribution in [0.15, 0.2) is 0 Å². The molecule has 0 saturated carbocycles. The molecular weight excluding hydrogens is 162 g/mol. The number of hydrogen-bond donors (Lipinski definition) is 2. The van der Waals surface area contributed by atoms with Gasteiger partial charge in [0, 0.05) is 12.2 Å². The molecule has 1 atom stereocenters. The quantitative estimate of drug-likeness (QED) is 0.607. The number of thiol groups is 1. The molecule has 0 rings (SSSR count). The number of nitrogens with one attached hydrogen (secondary N) is 1. The molecule has 0 aromatic rings. The highest BCUT2D eigenvalue weighted by molar-refractivity contribution is 7.80. The van der Waals surface area contributed by atoms with Crippen LogP contribution >= 0.6 is 12.6 Å². The predicted molar refractivity (Wildman–Crippen MR) is 46.8 cm³/mol. The van der Waals surface area contributed by atoms with E-state index in [-0.39, 0.29) is 11.7 Å². The first-order chi connectivity index (χ1) is 5.11. The smallest absolute Gasteiger partial charge is 0.220 e. The van der Waals surface area contributed by atoms with Gasteiger partial charge in [-0.1, -0.05) is 6.92 Å². The molecule has 64 valence electrons. The Labute approximate surface area is 72.0 Å². The van der Waals surface area contributed by atoms with E-state index in [2.05, 4.69) is 17.9 Å². The zero-order valence-corrected chi connectivity index (χ0v) is 7.65. The van der Waals surface area contributed by atoms with E-state index in [0.29, 0.717) is 12.2 Å². The summed E-state index contributed by atoms with van der Waals surface area (Å²) < 4.78 is 0. The molecule has 0 bridgehead atoms. The van der Waals surface area contributed by atoms with Crippen molar-refractivity contribution in [3.8, 4) is 0 Å². The number of amides is 1. The molecule has 0 radical (unpaired) electrons. The van der Waals surface area contributed by atoms with E-state index < -0.39 is 6.04 Å². The van der Waals surface area contributed by atoms with E-state index in [1.165, 1.54) is 6.92 Å². The number of carbonyl (C=O) groups excluding carboxylic acids is 2. The van der Waals surface area contributed by atoms with Crippen molar-refractivity contribution < 1.29 is 9.59 Å². The number of ketones is 1. The molecule has 0 spiro atoms. The van der Waals surface area contributed by atoms with Gasteiger partial charge in [0.05, 0.1) is 6.04 Å². The number of Topliss-reactive ketones (excluding diaryl/α,β-unsaturated/α-hetero) is 1. The summed E-state index contributed by atoms with van der Waals surface area (Å²) in [6.07, 6.45) is 0.400. The summed E-state index contributed by atoms with van der Waals surface area (Å²) in [7, 11) is 0. The van der Waals surface area contributed by atoms with E-state index in [1.807, 2.05) is 0 Å². The zero-order chi connectivity index (χ0) is 8.85. The Bertz CT molecular complexity index is 159. The van der Waals surface area contributed by atoms with Crippen molar-refractivity contribution in [3.05, 3.63) is 0 Å². The van der Waals surface area contributed by atoms with E-state index >= 15 is 0 Å². The Balaban J connectivity index is 3.88. The minimum Gasteiger partial charge on any atom is -0.345 e. The largest absolute Gasteiger partial charge is 0.345 e. The summed E-state index contributed by atoms with van der Waals surface area (Å²) in [6, 6.07) is -0.425. The van der Waals surface area contributed by atoms with Crippen LogP contribution in [0.4, 0.5) is 0 Å². The van der Waals surface area contributed by atoms with Crippen LogP contribution in [0.3, 0.4) is 0 Å². The van der Waals surface area contributed by atoms with E-state index in [9.17, 15) is 9.59 Å². The molecule has 0 aliphatic rings. The summed E-state index contributed by atoms with van der Waals surface area (Å²) in [4.78, 5) is 21.6. The van der Waals surface area contributed by atoms with Gasteiger partial charge in [-0.15, -0.1) is 0 Å². The molecular formula is C7H13NO2S. The minimum atomic E-state index is -0.425. The molecule has 0 aromatic heterocycles. The van der Waals surface area contributed by atoms with Crippen LogP contribution in [0.2, 0.25) is 0 Å². The average Bonchev–Trinajstić information content (AvgIpc) is 1.99. The lowest BCUT2D eigenvalue weighted by Gasteiger charge is -2.11. The van der Waals surface area contributed by atoms with Gasteiger partial charge >= 0.3 is 0 Å². The predicted octanol–water partition coefficient (Wildman–Crippen LogP) is 0.400. The Kier molecular flexibility index (Phi) is 4.94. The maximum Gasteiger partial charge on any atom is 0.220 e. The van der Waals surface area contributed by atoms with Crippen molar-refractivity contribution in [1.29, 1.82) is 0 Å². The Morgan fingerprint density at radius 3 is 2.36 bits per heavy atom. The van der Waals surface area contributed by atoms with Gasteiger partial charge in [0.15, 0.2) is 5.78 Å². The molecule has 0 heterocycles. The third-order valence-corrected chi connectivity index (χ3v) is 1.69.